The lowest BCUT2D eigenvalue weighted by Gasteiger charge is -2.36. The van der Waals surface area contributed by atoms with Crippen LogP contribution in [0.1, 0.15) is 36.8 Å². The summed E-state index contributed by atoms with van der Waals surface area (Å²) in [5, 5.41) is 8.72. The standard InChI is InChI=1S/C18H15F3O4/c1-12(16(23)24)11-15(22)25-17(8-2-9-17)10-7-13-3-5-14(6-4-13)18(19,20)21/h3-6H,1-2,8-9,11H2,(H,23,24). The molecule has 1 aromatic carbocycles. The van der Waals surface area contributed by atoms with Crippen molar-refractivity contribution in [2.24, 2.45) is 0 Å². The molecule has 0 atom stereocenters. The van der Waals surface area contributed by atoms with E-state index in [9.17, 15) is 22.8 Å². The third-order valence-corrected chi connectivity index (χ3v) is 3.78. The Morgan fingerprint density at radius 3 is 2.28 bits per heavy atom. The molecule has 1 saturated carbocycles. The van der Waals surface area contributed by atoms with Gasteiger partial charge in [0.05, 0.1) is 12.0 Å². The fourth-order valence-electron chi connectivity index (χ4n) is 2.18. The number of carboxylic acid groups (broad SMARTS) is 1. The lowest BCUT2D eigenvalue weighted by molar-refractivity contribution is -0.160. The molecule has 0 spiro atoms. The van der Waals surface area contributed by atoms with Gasteiger partial charge in [0, 0.05) is 11.1 Å². The Balaban J connectivity index is 2.07. The largest absolute Gasteiger partial charge is 0.478 e. The normalized spacial score (nSPS) is 15.3. The number of carbonyl (C=O) groups excluding carboxylic acids is 1. The second-order valence-electron chi connectivity index (χ2n) is 5.73. The maximum atomic E-state index is 12.5. The Morgan fingerprint density at radius 1 is 1.24 bits per heavy atom. The van der Waals surface area contributed by atoms with Gasteiger partial charge in [-0.1, -0.05) is 12.5 Å². The van der Waals surface area contributed by atoms with Crippen molar-refractivity contribution in [1.82, 2.24) is 0 Å². The third kappa shape index (κ3) is 4.86. The topological polar surface area (TPSA) is 63.6 Å². The lowest BCUT2D eigenvalue weighted by Crippen LogP contribution is -2.40. The van der Waals surface area contributed by atoms with Gasteiger partial charge < -0.3 is 9.84 Å². The number of benzene rings is 1. The number of hydrogen-bond donors (Lipinski definition) is 1. The molecule has 0 radical (unpaired) electrons. The smallest absolute Gasteiger partial charge is 0.416 e. The molecule has 0 heterocycles. The van der Waals surface area contributed by atoms with Gasteiger partial charge >= 0.3 is 18.1 Å². The molecule has 1 aliphatic rings. The second kappa shape index (κ2) is 7.01. The fourth-order valence-corrected chi connectivity index (χ4v) is 2.18. The molecule has 0 saturated heterocycles. The molecule has 0 bridgehead atoms. The van der Waals surface area contributed by atoms with Crippen molar-refractivity contribution in [2.45, 2.75) is 37.5 Å². The molecule has 0 aromatic heterocycles. The van der Waals surface area contributed by atoms with Gasteiger partial charge in [0.1, 0.15) is 0 Å². The monoisotopic (exact) mass is 352 g/mol. The number of halogens is 3. The second-order valence-corrected chi connectivity index (χ2v) is 5.73. The molecule has 4 nitrogen and oxygen atoms in total. The van der Waals surface area contributed by atoms with E-state index in [1.54, 1.807) is 0 Å². The SMILES string of the molecule is C=C(CC(=O)OC1(C#Cc2ccc(C(F)(F)F)cc2)CCC1)C(=O)O. The Morgan fingerprint density at radius 2 is 1.84 bits per heavy atom. The maximum absolute atomic E-state index is 12.5. The van der Waals surface area contributed by atoms with Crippen LogP contribution >= 0.6 is 0 Å². The maximum Gasteiger partial charge on any atom is 0.416 e. The summed E-state index contributed by atoms with van der Waals surface area (Å²) in [7, 11) is 0. The zero-order chi connectivity index (χ0) is 18.7. The van der Waals surface area contributed by atoms with E-state index in [2.05, 4.69) is 18.4 Å². The summed E-state index contributed by atoms with van der Waals surface area (Å²) in [5.74, 6) is 3.48. The van der Waals surface area contributed by atoms with Gasteiger partial charge in [-0.25, -0.2) is 4.79 Å². The average molecular weight is 352 g/mol. The van der Waals surface area contributed by atoms with E-state index in [4.69, 9.17) is 9.84 Å². The zero-order valence-electron chi connectivity index (χ0n) is 13.2. The van der Waals surface area contributed by atoms with Crippen LogP contribution in [0.15, 0.2) is 36.4 Å². The predicted octanol–water partition coefficient (Wildman–Crippen LogP) is 3.55. The Hall–Kier alpha value is -2.75. The molecular weight excluding hydrogens is 337 g/mol. The van der Waals surface area contributed by atoms with Crippen LogP contribution in [0.5, 0.6) is 0 Å². The Kier molecular flexibility index (Phi) is 5.21. The number of aliphatic carboxylic acids is 1. The van der Waals surface area contributed by atoms with Crippen molar-refractivity contribution in [3.05, 3.63) is 47.5 Å². The minimum atomic E-state index is -4.41. The summed E-state index contributed by atoms with van der Waals surface area (Å²) >= 11 is 0. The average Bonchev–Trinajstić information content (AvgIpc) is 2.49. The number of ether oxygens (including phenoxy) is 1. The van der Waals surface area contributed by atoms with E-state index < -0.39 is 35.7 Å². The molecule has 0 aliphatic heterocycles. The minimum absolute atomic E-state index is 0.282. The summed E-state index contributed by atoms with van der Waals surface area (Å²) < 4.78 is 42.8. The summed E-state index contributed by atoms with van der Waals surface area (Å²) in [4.78, 5) is 22.5. The molecule has 0 amide bonds. The van der Waals surface area contributed by atoms with E-state index in [1.807, 2.05) is 0 Å². The summed E-state index contributed by atoms with van der Waals surface area (Å²) in [6.07, 6.45) is -3.09. The summed E-state index contributed by atoms with van der Waals surface area (Å²) in [5.41, 5.74) is -1.70. The van der Waals surface area contributed by atoms with Crippen LogP contribution < -0.4 is 0 Å². The molecular formula is C18H15F3O4. The number of carbonyl (C=O) groups is 2. The summed E-state index contributed by atoms with van der Waals surface area (Å²) in [6.45, 7) is 3.26. The molecule has 1 aromatic rings. The van der Waals surface area contributed by atoms with E-state index in [1.165, 1.54) is 12.1 Å². The number of hydrogen-bond acceptors (Lipinski definition) is 3. The Bertz CT molecular complexity index is 747. The highest BCUT2D eigenvalue weighted by atomic mass is 19.4. The molecule has 1 aliphatic carbocycles. The van der Waals surface area contributed by atoms with Gasteiger partial charge in [-0.05, 0) is 49.4 Å². The lowest BCUT2D eigenvalue weighted by atomic mass is 9.80. The zero-order valence-corrected chi connectivity index (χ0v) is 13.2. The number of alkyl halides is 3. The van der Waals surface area contributed by atoms with E-state index in [-0.39, 0.29) is 5.57 Å². The molecule has 132 valence electrons. The summed E-state index contributed by atoms with van der Waals surface area (Å²) in [6, 6.07) is 4.35. The van der Waals surface area contributed by atoms with Crippen molar-refractivity contribution in [3.63, 3.8) is 0 Å². The van der Waals surface area contributed by atoms with Crippen LogP contribution in [0.3, 0.4) is 0 Å². The van der Waals surface area contributed by atoms with Crippen LogP contribution in [0, 0.1) is 11.8 Å². The molecule has 7 heteroatoms. The van der Waals surface area contributed by atoms with E-state index in [0.717, 1.165) is 18.6 Å². The van der Waals surface area contributed by atoms with Gasteiger partial charge in [-0.3, -0.25) is 4.79 Å². The van der Waals surface area contributed by atoms with Gasteiger partial charge in [-0.15, -0.1) is 0 Å². The van der Waals surface area contributed by atoms with Crippen molar-refractivity contribution in [1.29, 1.82) is 0 Å². The third-order valence-electron chi connectivity index (χ3n) is 3.78. The van der Waals surface area contributed by atoms with Crippen LogP contribution in [0.2, 0.25) is 0 Å². The van der Waals surface area contributed by atoms with Crippen LogP contribution in [0.4, 0.5) is 13.2 Å². The van der Waals surface area contributed by atoms with Gasteiger partial charge in [0.15, 0.2) is 5.60 Å². The van der Waals surface area contributed by atoms with Crippen molar-refractivity contribution < 1.29 is 32.6 Å². The first-order valence-corrected chi connectivity index (χ1v) is 7.45. The fraction of sp³-hybridized carbons (Fsp3) is 0.333. The van der Waals surface area contributed by atoms with Crippen LogP contribution in [0.25, 0.3) is 0 Å². The number of esters is 1. The quantitative estimate of drug-likeness (QED) is 0.511. The molecule has 0 unspecified atom stereocenters. The first-order valence-electron chi connectivity index (χ1n) is 7.45. The van der Waals surface area contributed by atoms with Gasteiger partial charge in [0.2, 0.25) is 0 Å². The minimum Gasteiger partial charge on any atom is -0.478 e. The molecule has 25 heavy (non-hydrogen) atoms. The first-order chi connectivity index (χ1) is 11.6. The van der Waals surface area contributed by atoms with Gasteiger partial charge in [0.25, 0.3) is 0 Å². The van der Waals surface area contributed by atoms with Gasteiger partial charge in [-0.2, -0.15) is 13.2 Å². The van der Waals surface area contributed by atoms with E-state index in [0.29, 0.717) is 18.4 Å². The first kappa shape index (κ1) is 18.6. The van der Waals surface area contributed by atoms with Crippen molar-refractivity contribution in [2.75, 3.05) is 0 Å². The molecule has 1 fully saturated rings. The highest BCUT2D eigenvalue weighted by molar-refractivity contribution is 5.92. The number of rotatable bonds is 4. The number of carboxylic acids is 1. The van der Waals surface area contributed by atoms with Crippen molar-refractivity contribution in [3.8, 4) is 11.8 Å². The predicted molar refractivity (Wildman–Crippen MR) is 82.4 cm³/mol. The van der Waals surface area contributed by atoms with Crippen LogP contribution in [-0.4, -0.2) is 22.6 Å². The highest BCUT2D eigenvalue weighted by Gasteiger charge is 2.39. The molecule has 2 rings (SSSR count). The molecule has 1 N–H and O–H groups in total. The van der Waals surface area contributed by atoms with E-state index >= 15 is 0 Å². The Labute approximate surface area is 142 Å². The van der Waals surface area contributed by atoms with Crippen LogP contribution in [-0.2, 0) is 20.5 Å². The highest BCUT2D eigenvalue weighted by Crippen LogP contribution is 2.36. The van der Waals surface area contributed by atoms with Crippen molar-refractivity contribution >= 4 is 11.9 Å².